The second-order valence-corrected chi connectivity index (χ2v) is 5.80. The number of rotatable bonds is 6. The highest BCUT2D eigenvalue weighted by Gasteiger charge is 2.14. The Kier molecular flexibility index (Phi) is 6.46. The van der Waals surface area contributed by atoms with Crippen LogP contribution in [0.5, 0.6) is 0 Å². The summed E-state index contributed by atoms with van der Waals surface area (Å²) in [6, 6.07) is 4.04. The molecule has 2 rings (SSSR count). The first-order valence-electron chi connectivity index (χ1n) is 7.51. The largest absolute Gasteiger partial charge is 0.378 e. The second-order valence-electron chi connectivity index (χ2n) is 5.36. The molecule has 0 aliphatic heterocycles. The zero-order valence-corrected chi connectivity index (χ0v) is 12.8. The van der Waals surface area contributed by atoms with Crippen LogP contribution in [0.1, 0.15) is 48.9 Å². The standard InChI is InChI=1S/C16H21ClFNO2/c17-12-7-8-14(15(18)11-12)16(20)19-9-4-10-21-13-5-2-1-3-6-13/h7-8,11,13H,1-6,9-10H2,(H,19,20). The van der Waals surface area contributed by atoms with Crippen molar-refractivity contribution >= 4 is 17.5 Å². The molecular formula is C16H21ClFNO2. The molecule has 21 heavy (non-hydrogen) atoms. The van der Waals surface area contributed by atoms with Gasteiger partial charge < -0.3 is 10.1 Å². The third kappa shape index (κ3) is 5.29. The SMILES string of the molecule is O=C(NCCCOC1CCCCC1)c1ccc(Cl)cc1F. The maximum Gasteiger partial charge on any atom is 0.254 e. The lowest BCUT2D eigenvalue weighted by Gasteiger charge is -2.21. The molecule has 1 aliphatic rings. The van der Waals surface area contributed by atoms with Crippen molar-refractivity contribution < 1.29 is 13.9 Å². The summed E-state index contributed by atoms with van der Waals surface area (Å²) in [6.07, 6.45) is 7.20. The van der Waals surface area contributed by atoms with Gasteiger partial charge >= 0.3 is 0 Å². The number of nitrogens with one attached hydrogen (secondary N) is 1. The fourth-order valence-electron chi connectivity index (χ4n) is 2.52. The van der Waals surface area contributed by atoms with Gasteiger partial charge in [0.25, 0.3) is 5.91 Å². The minimum atomic E-state index is -0.599. The third-order valence-electron chi connectivity index (χ3n) is 3.69. The van der Waals surface area contributed by atoms with Crippen LogP contribution in [0.4, 0.5) is 4.39 Å². The summed E-state index contributed by atoms with van der Waals surface area (Å²) in [6.45, 7) is 1.11. The molecule has 1 saturated carbocycles. The Bertz CT molecular complexity index is 475. The number of carbonyl (C=O) groups excluding carboxylic acids is 1. The van der Waals surface area contributed by atoms with Gasteiger partial charge in [0.15, 0.2) is 0 Å². The molecule has 0 unspecified atom stereocenters. The van der Waals surface area contributed by atoms with Gasteiger partial charge in [-0.1, -0.05) is 30.9 Å². The molecule has 1 aromatic carbocycles. The van der Waals surface area contributed by atoms with E-state index in [-0.39, 0.29) is 10.6 Å². The Hall–Kier alpha value is -1.13. The van der Waals surface area contributed by atoms with Gasteiger partial charge in [-0.2, -0.15) is 0 Å². The molecule has 3 nitrogen and oxygen atoms in total. The van der Waals surface area contributed by atoms with Crippen molar-refractivity contribution in [3.63, 3.8) is 0 Å². The predicted molar refractivity (Wildman–Crippen MR) is 81.2 cm³/mol. The molecule has 0 aromatic heterocycles. The van der Waals surface area contributed by atoms with Gasteiger partial charge in [-0.25, -0.2) is 4.39 Å². The Morgan fingerprint density at radius 3 is 2.81 bits per heavy atom. The van der Waals surface area contributed by atoms with E-state index in [2.05, 4.69) is 5.32 Å². The summed E-state index contributed by atoms with van der Waals surface area (Å²) in [7, 11) is 0. The van der Waals surface area contributed by atoms with E-state index in [0.717, 1.165) is 25.3 Å². The molecule has 1 N–H and O–H groups in total. The average molecular weight is 314 g/mol. The monoisotopic (exact) mass is 313 g/mol. The first-order valence-corrected chi connectivity index (χ1v) is 7.89. The molecule has 1 aliphatic carbocycles. The lowest BCUT2D eigenvalue weighted by Crippen LogP contribution is -2.27. The molecule has 0 saturated heterocycles. The van der Waals surface area contributed by atoms with Gasteiger partial charge in [0.05, 0.1) is 11.7 Å². The van der Waals surface area contributed by atoms with E-state index in [1.54, 1.807) is 0 Å². The molecule has 0 heterocycles. The van der Waals surface area contributed by atoms with E-state index in [4.69, 9.17) is 16.3 Å². The van der Waals surface area contributed by atoms with E-state index in [0.29, 0.717) is 19.3 Å². The molecular weight excluding hydrogens is 293 g/mol. The van der Waals surface area contributed by atoms with E-state index in [1.165, 1.54) is 31.4 Å². The smallest absolute Gasteiger partial charge is 0.254 e. The highest BCUT2D eigenvalue weighted by molar-refractivity contribution is 6.30. The van der Waals surface area contributed by atoms with Gasteiger partial charge in [0, 0.05) is 18.2 Å². The maximum atomic E-state index is 13.5. The average Bonchev–Trinajstić information content (AvgIpc) is 2.47. The molecule has 1 aromatic rings. The number of carbonyl (C=O) groups is 1. The van der Waals surface area contributed by atoms with Crippen LogP contribution in [0, 0.1) is 5.82 Å². The number of hydrogen-bond acceptors (Lipinski definition) is 2. The first-order chi connectivity index (χ1) is 10.2. The summed E-state index contributed by atoms with van der Waals surface area (Å²) in [5, 5.41) is 2.98. The highest BCUT2D eigenvalue weighted by atomic mass is 35.5. The number of halogens is 2. The number of benzene rings is 1. The number of hydrogen-bond donors (Lipinski definition) is 1. The second kappa shape index (κ2) is 8.35. The van der Waals surface area contributed by atoms with Gasteiger partial charge in [-0.05, 0) is 37.5 Å². The van der Waals surface area contributed by atoms with Gasteiger partial charge in [-0.15, -0.1) is 0 Å². The molecule has 0 atom stereocenters. The van der Waals surface area contributed by atoms with Crippen LogP contribution in [-0.4, -0.2) is 25.2 Å². The van der Waals surface area contributed by atoms with Crippen molar-refractivity contribution in [3.8, 4) is 0 Å². The Labute approximate surface area is 129 Å². The van der Waals surface area contributed by atoms with E-state index < -0.39 is 11.7 Å². The molecule has 0 radical (unpaired) electrons. The Morgan fingerprint density at radius 2 is 2.10 bits per heavy atom. The summed E-state index contributed by atoms with van der Waals surface area (Å²) in [5.74, 6) is -1.01. The molecule has 5 heteroatoms. The maximum absolute atomic E-state index is 13.5. The van der Waals surface area contributed by atoms with Crippen molar-refractivity contribution in [3.05, 3.63) is 34.6 Å². The predicted octanol–water partition coefficient (Wildman–Crippen LogP) is 3.95. The minimum Gasteiger partial charge on any atom is -0.378 e. The molecule has 0 bridgehead atoms. The zero-order chi connectivity index (χ0) is 15.1. The van der Waals surface area contributed by atoms with Crippen molar-refractivity contribution in [2.75, 3.05) is 13.2 Å². The molecule has 116 valence electrons. The van der Waals surface area contributed by atoms with Crippen LogP contribution in [-0.2, 0) is 4.74 Å². The van der Waals surface area contributed by atoms with Crippen molar-refractivity contribution in [2.45, 2.75) is 44.6 Å². The van der Waals surface area contributed by atoms with Crippen molar-refractivity contribution in [1.29, 1.82) is 0 Å². The van der Waals surface area contributed by atoms with Gasteiger partial charge in [0.1, 0.15) is 5.82 Å². The third-order valence-corrected chi connectivity index (χ3v) is 3.92. The van der Waals surface area contributed by atoms with Gasteiger partial charge in [-0.3, -0.25) is 4.79 Å². The van der Waals surface area contributed by atoms with E-state index >= 15 is 0 Å². The summed E-state index contributed by atoms with van der Waals surface area (Å²) in [4.78, 5) is 11.8. The number of amides is 1. The summed E-state index contributed by atoms with van der Waals surface area (Å²) in [5.41, 5.74) is 0.0209. The van der Waals surface area contributed by atoms with E-state index in [1.807, 2.05) is 0 Å². The normalized spacial score (nSPS) is 15.9. The van der Waals surface area contributed by atoms with Crippen molar-refractivity contribution in [1.82, 2.24) is 5.32 Å². The van der Waals surface area contributed by atoms with Gasteiger partial charge in [0.2, 0.25) is 0 Å². The van der Waals surface area contributed by atoms with Crippen LogP contribution < -0.4 is 5.32 Å². The van der Waals surface area contributed by atoms with Crippen LogP contribution in [0.25, 0.3) is 0 Å². The topological polar surface area (TPSA) is 38.3 Å². The summed E-state index contributed by atoms with van der Waals surface area (Å²) >= 11 is 5.65. The lowest BCUT2D eigenvalue weighted by atomic mass is 9.98. The quantitative estimate of drug-likeness (QED) is 0.808. The fourth-order valence-corrected chi connectivity index (χ4v) is 2.68. The Morgan fingerprint density at radius 1 is 1.33 bits per heavy atom. The summed E-state index contributed by atoms with van der Waals surface area (Å²) < 4.78 is 19.3. The zero-order valence-electron chi connectivity index (χ0n) is 12.0. The molecule has 0 spiro atoms. The highest BCUT2D eigenvalue weighted by Crippen LogP contribution is 2.20. The van der Waals surface area contributed by atoms with Crippen molar-refractivity contribution in [2.24, 2.45) is 0 Å². The van der Waals surface area contributed by atoms with E-state index in [9.17, 15) is 9.18 Å². The van der Waals surface area contributed by atoms with Crippen LogP contribution in [0.3, 0.4) is 0 Å². The Balaban J connectivity index is 1.64. The molecule has 1 fully saturated rings. The van der Waals surface area contributed by atoms with Crippen LogP contribution in [0.15, 0.2) is 18.2 Å². The van der Waals surface area contributed by atoms with Crippen LogP contribution in [0.2, 0.25) is 5.02 Å². The lowest BCUT2D eigenvalue weighted by molar-refractivity contribution is 0.0273. The minimum absolute atomic E-state index is 0.0209. The fraction of sp³-hybridized carbons (Fsp3) is 0.562. The first kappa shape index (κ1) is 16.2. The molecule has 1 amide bonds. The van der Waals surface area contributed by atoms with Crippen LogP contribution >= 0.6 is 11.6 Å². The number of ether oxygens (including phenoxy) is 1.